The first kappa shape index (κ1) is 38.5. The average molecular weight is 759 g/mol. The first-order chi connectivity index (χ1) is 21.6. The summed E-state index contributed by atoms with van der Waals surface area (Å²) in [6, 6.07) is 30.4. The second-order valence-electron chi connectivity index (χ2n) is 16.7. The molecule has 0 saturated carbocycles. The van der Waals surface area contributed by atoms with Gasteiger partial charge in [0, 0.05) is 0 Å². The fourth-order valence-corrected chi connectivity index (χ4v) is 29.3. The van der Waals surface area contributed by atoms with Crippen LogP contribution in [0.25, 0.3) is 11.1 Å². The molecular formula is C45H56Cl2Zr. The molecule has 0 bridgehead atoms. The zero-order valence-corrected chi connectivity index (χ0v) is 34.9. The fourth-order valence-electron chi connectivity index (χ4n) is 9.66. The van der Waals surface area contributed by atoms with Crippen LogP contribution in [0, 0.1) is 13.8 Å². The second kappa shape index (κ2) is 13.4. The fraction of sp³-hybridized carbons (Fsp3) is 0.356. The van der Waals surface area contributed by atoms with E-state index in [0.717, 1.165) is 12.8 Å². The molecule has 0 amide bonds. The molecule has 2 atom stereocenters. The molecule has 0 radical (unpaired) electrons. The summed E-state index contributed by atoms with van der Waals surface area (Å²) in [6.07, 6.45) is 9.19. The Morgan fingerprint density at radius 2 is 1.19 bits per heavy atom. The van der Waals surface area contributed by atoms with Gasteiger partial charge in [0.05, 0.1) is 0 Å². The molecule has 2 aliphatic carbocycles. The van der Waals surface area contributed by atoms with Crippen molar-refractivity contribution in [3.63, 3.8) is 0 Å². The average Bonchev–Trinajstić information content (AvgIpc) is 3.68. The third-order valence-electron chi connectivity index (χ3n) is 12.1. The number of aryl methyl sites for hydroxylation is 1. The van der Waals surface area contributed by atoms with E-state index in [1.807, 2.05) is 0 Å². The number of benzene rings is 4. The van der Waals surface area contributed by atoms with Crippen molar-refractivity contribution in [2.75, 3.05) is 0 Å². The molecule has 3 heteroatoms. The second-order valence-corrected chi connectivity index (χ2v) is 31.8. The molecule has 0 fully saturated rings. The van der Waals surface area contributed by atoms with Gasteiger partial charge in [0.1, 0.15) is 0 Å². The number of rotatable bonds is 6. The maximum atomic E-state index is 5.91. The topological polar surface area (TPSA) is 0 Å². The van der Waals surface area contributed by atoms with Gasteiger partial charge in [-0.1, -0.05) is 0 Å². The van der Waals surface area contributed by atoms with E-state index in [4.69, 9.17) is 4.21 Å². The molecule has 254 valence electrons. The summed E-state index contributed by atoms with van der Waals surface area (Å²) in [5, 5.41) is 0. The predicted molar refractivity (Wildman–Crippen MR) is 214 cm³/mol. The quantitative estimate of drug-likeness (QED) is 0.162. The van der Waals surface area contributed by atoms with Gasteiger partial charge in [-0.15, -0.1) is 24.8 Å². The molecule has 2 aliphatic rings. The van der Waals surface area contributed by atoms with Gasteiger partial charge in [-0.2, -0.15) is 0 Å². The first-order valence-electron chi connectivity index (χ1n) is 17.4. The Hall–Kier alpha value is -2.31. The van der Waals surface area contributed by atoms with E-state index in [-0.39, 0.29) is 35.6 Å². The Bertz CT molecular complexity index is 1900. The van der Waals surface area contributed by atoms with E-state index >= 15 is 0 Å². The molecule has 0 aromatic heterocycles. The Balaban J connectivity index is 0.00000260. The van der Waals surface area contributed by atoms with Crippen molar-refractivity contribution in [2.24, 2.45) is 0 Å². The summed E-state index contributed by atoms with van der Waals surface area (Å²) in [5.41, 5.74) is 14.7. The van der Waals surface area contributed by atoms with E-state index in [1.165, 1.54) is 50.1 Å². The van der Waals surface area contributed by atoms with Gasteiger partial charge in [-0.05, 0) is 0 Å². The van der Waals surface area contributed by atoms with Gasteiger partial charge in [0.2, 0.25) is 0 Å². The summed E-state index contributed by atoms with van der Waals surface area (Å²) in [6.45, 7) is 24.1. The van der Waals surface area contributed by atoms with Crippen LogP contribution in [0.5, 0.6) is 0 Å². The molecule has 0 spiro atoms. The molecule has 0 heterocycles. The third-order valence-corrected chi connectivity index (χ3v) is 32.7. The zero-order valence-electron chi connectivity index (χ0n) is 30.8. The van der Waals surface area contributed by atoms with Crippen LogP contribution in [0.4, 0.5) is 0 Å². The molecule has 48 heavy (non-hydrogen) atoms. The molecule has 4 aromatic rings. The van der Waals surface area contributed by atoms with E-state index < -0.39 is 18.3 Å². The standard InChI is InChI=1S/C23H29.2C8H9.C5H5.CH2.2ClH.Zr/c1-14-9-16-11-17-10-15(2)21(23(6,7)8)13-19(17)18(16)12-20(14)22(3,4)5;2*1-2-8-6-4-3-5-7-8;1-2-4-5-3-1;;;;/h9,12-13H,11H2,1-8H3;2*2-7H,1H3;1-3H,4H2;1H2;2*1H;. The van der Waals surface area contributed by atoms with Crippen LogP contribution in [-0.4, -0.2) is 4.21 Å². The normalized spacial score (nSPS) is 15.5. The van der Waals surface area contributed by atoms with Crippen molar-refractivity contribution >= 4 is 32.3 Å². The van der Waals surface area contributed by atoms with Crippen molar-refractivity contribution < 1.29 is 18.3 Å². The molecule has 0 N–H and O–H groups in total. The van der Waals surface area contributed by atoms with Gasteiger partial charge >= 0.3 is 282 Å². The molecule has 0 aliphatic heterocycles. The van der Waals surface area contributed by atoms with Crippen LogP contribution in [0.3, 0.4) is 0 Å². The number of allylic oxidation sites excluding steroid dienone is 4. The van der Waals surface area contributed by atoms with Crippen LogP contribution in [0.2, 0.25) is 0 Å². The summed E-state index contributed by atoms with van der Waals surface area (Å²) >= 11 is -4.73. The molecule has 0 nitrogen and oxygen atoms in total. The number of halogens is 2. The van der Waals surface area contributed by atoms with Crippen LogP contribution in [0.1, 0.15) is 114 Å². The van der Waals surface area contributed by atoms with Crippen LogP contribution < -0.4 is 3.27 Å². The summed E-state index contributed by atoms with van der Waals surface area (Å²) in [5.74, 6) is 0. The van der Waals surface area contributed by atoms with E-state index in [1.54, 1.807) is 12.1 Å². The molecular weight excluding hydrogens is 703 g/mol. The van der Waals surface area contributed by atoms with Crippen LogP contribution in [0.15, 0.2) is 100 Å². The summed E-state index contributed by atoms with van der Waals surface area (Å²) in [7, 11) is 0. The van der Waals surface area contributed by atoms with Crippen LogP contribution in [-0.2, 0) is 35.5 Å². The Kier molecular flexibility index (Phi) is 10.8. The Labute approximate surface area is 304 Å². The van der Waals surface area contributed by atoms with Gasteiger partial charge in [0.15, 0.2) is 0 Å². The van der Waals surface area contributed by atoms with Crippen molar-refractivity contribution in [3.8, 4) is 11.1 Å². The van der Waals surface area contributed by atoms with Gasteiger partial charge in [-0.3, -0.25) is 0 Å². The van der Waals surface area contributed by atoms with Gasteiger partial charge in [0.25, 0.3) is 0 Å². The van der Waals surface area contributed by atoms with Crippen molar-refractivity contribution in [3.05, 3.63) is 145 Å². The van der Waals surface area contributed by atoms with Crippen molar-refractivity contribution in [1.82, 2.24) is 0 Å². The maximum absolute atomic E-state index is 5.91. The van der Waals surface area contributed by atoms with E-state index in [9.17, 15) is 0 Å². The molecule has 0 saturated heterocycles. The Morgan fingerprint density at radius 1 is 0.688 bits per heavy atom. The molecule has 2 unspecified atom stereocenters. The minimum absolute atomic E-state index is 0. The van der Waals surface area contributed by atoms with E-state index in [0.29, 0.717) is 7.25 Å². The minimum atomic E-state index is -4.73. The summed E-state index contributed by atoms with van der Waals surface area (Å²) in [4.78, 5) is 0. The molecule has 4 aromatic carbocycles. The van der Waals surface area contributed by atoms with Crippen LogP contribution >= 0.6 is 24.8 Å². The molecule has 6 rings (SSSR count). The van der Waals surface area contributed by atoms with Crippen molar-refractivity contribution in [1.29, 1.82) is 0 Å². The zero-order chi connectivity index (χ0) is 33.3. The first-order valence-corrected chi connectivity index (χ1v) is 24.4. The monoisotopic (exact) mass is 756 g/mol. The van der Waals surface area contributed by atoms with Gasteiger partial charge in [-0.25, -0.2) is 0 Å². The van der Waals surface area contributed by atoms with Gasteiger partial charge < -0.3 is 0 Å². The third kappa shape index (κ3) is 5.85. The van der Waals surface area contributed by atoms with Crippen molar-refractivity contribution in [2.45, 2.75) is 100 Å². The summed E-state index contributed by atoms with van der Waals surface area (Å²) < 4.78 is 9.78. The number of fused-ring (bicyclic) bond motifs is 3. The number of hydrogen-bond acceptors (Lipinski definition) is 0. The number of hydrogen-bond donors (Lipinski definition) is 0. The SMILES string of the molecule is Cl.Cl.[CH2]=[Zr]([C]1=CC=CC1)([c]1c(C)c(C(C)(C)C)cc2c1Cc1cc(C)c(C(C)(C)C)cc1-2)([CH](C)c1ccccc1)[CH](C)c1ccccc1. The van der Waals surface area contributed by atoms with E-state index in [2.05, 4.69) is 166 Å². The Morgan fingerprint density at radius 3 is 1.65 bits per heavy atom. The predicted octanol–water partition coefficient (Wildman–Crippen LogP) is 12.4.